The molecule has 0 aromatic carbocycles. The van der Waals surface area contributed by atoms with Crippen LogP contribution in [0.25, 0.3) is 0 Å². The summed E-state index contributed by atoms with van der Waals surface area (Å²) in [4.78, 5) is 9.90. The van der Waals surface area contributed by atoms with Gasteiger partial charge in [0.2, 0.25) is 0 Å². The molecule has 0 spiro atoms. The van der Waals surface area contributed by atoms with Crippen molar-refractivity contribution in [3.05, 3.63) is 0 Å². The van der Waals surface area contributed by atoms with E-state index in [1.54, 1.807) is 7.11 Å². The highest BCUT2D eigenvalue weighted by molar-refractivity contribution is 5.79. The summed E-state index contributed by atoms with van der Waals surface area (Å²) in [7, 11) is 1.78. The summed E-state index contributed by atoms with van der Waals surface area (Å²) in [5.41, 5.74) is 0. The van der Waals surface area contributed by atoms with Crippen molar-refractivity contribution in [1.29, 1.82) is 0 Å². The summed E-state index contributed by atoms with van der Waals surface area (Å²) in [6.07, 6.45) is 3.62. The molecule has 0 unspecified atom stereocenters. The number of methoxy groups -OCH3 is 1. The molecule has 0 atom stereocenters. The van der Waals surface area contributed by atoms with Gasteiger partial charge in [0, 0.05) is 51.9 Å². The molecule has 0 amide bonds. The van der Waals surface area contributed by atoms with Gasteiger partial charge in [-0.3, -0.25) is 9.89 Å². The van der Waals surface area contributed by atoms with Gasteiger partial charge in [0.15, 0.2) is 5.96 Å². The maximum Gasteiger partial charge on any atom is 0.191 e. The van der Waals surface area contributed by atoms with Gasteiger partial charge >= 0.3 is 0 Å². The molecule has 6 nitrogen and oxygen atoms in total. The standard InChI is InChI=1S/C21H45N5O/c1-7-22-21(23-11-8-12-26(18(2)3)19(4)5)24-17-20-9-13-25(14-10-20)15-16-27-6/h18-20H,7-17H2,1-6H3,(H2,22,23,24). The zero-order valence-electron chi connectivity index (χ0n) is 18.8. The number of hydrogen-bond acceptors (Lipinski definition) is 4. The molecule has 1 saturated heterocycles. The van der Waals surface area contributed by atoms with Crippen molar-refractivity contribution >= 4 is 5.96 Å². The SMILES string of the molecule is CCNC(=NCC1CCN(CCOC)CC1)NCCCN(C(C)C)C(C)C. The average molecular weight is 384 g/mol. The van der Waals surface area contributed by atoms with Crippen LogP contribution in [0.4, 0.5) is 0 Å². The lowest BCUT2D eigenvalue weighted by Gasteiger charge is -2.31. The second-order valence-electron chi connectivity index (χ2n) is 8.20. The molecule has 1 fully saturated rings. The van der Waals surface area contributed by atoms with Gasteiger partial charge in [-0.1, -0.05) is 0 Å². The van der Waals surface area contributed by atoms with Crippen LogP contribution in [0.1, 0.15) is 53.9 Å². The number of rotatable bonds is 12. The molecule has 6 heteroatoms. The molecule has 2 N–H and O–H groups in total. The van der Waals surface area contributed by atoms with Crippen LogP contribution in [0.5, 0.6) is 0 Å². The molecule has 0 bridgehead atoms. The van der Waals surface area contributed by atoms with Gasteiger partial charge < -0.3 is 20.3 Å². The lowest BCUT2D eigenvalue weighted by molar-refractivity contribution is 0.121. The maximum absolute atomic E-state index is 5.18. The Labute approximate surface area is 168 Å². The van der Waals surface area contributed by atoms with Crippen LogP contribution in [0.15, 0.2) is 4.99 Å². The van der Waals surface area contributed by atoms with Crippen LogP contribution < -0.4 is 10.6 Å². The first-order chi connectivity index (χ1) is 13.0. The van der Waals surface area contributed by atoms with Gasteiger partial charge in [-0.05, 0) is 72.9 Å². The number of nitrogens with one attached hydrogen (secondary N) is 2. The van der Waals surface area contributed by atoms with Crippen LogP contribution in [-0.4, -0.2) is 87.4 Å². The molecular weight excluding hydrogens is 338 g/mol. The highest BCUT2D eigenvalue weighted by Crippen LogP contribution is 2.17. The Bertz CT molecular complexity index is 384. The molecule has 0 aliphatic carbocycles. The van der Waals surface area contributed by atoms with Crippen molar-refractivity contribution < 1.29 is 4.74 Å². The lowest BCUT2D eigenvalue weighted by Crippen LogP contribution is -2.42. The Morgan fingerprint density at radius 3 is 2.37 bits per heavy atom. The van der Waals surface area contributed by atoms with Gasteiger partial charge in [-0.15, -0.1) is 0 Å². The van der Waals surface area contributed by atoms with Crippen LogP contribution in [0.2, 0.25) is 0 Å². The Morgan fingerprint density at radius 1 is 1.15 bits per heavy atom. The fraction of sp³-hybridized carbons (Fsp3) is 0.952. The van der Waals surface area contributed by atoms with Crippen molar-refractivity contribution in [2.45, 2.75) is 66.0 Å². The van der Waals surface area contributed by atoms with Crippen molar-refractivity contribution in [3.63, 3.8) is 0 Å². The summed E-state index contributed by atoms with van der Waals surface area (Å²) in [6, 6.07) is 1.20. The molecule has 1 heterocycles. The van der Waals surface area contributed by atoms with Crippen molar-refractivity contribution in [3.8, 4) is 0 Å². The van der Waals surface area contributed by atoms with E-state index >= 15 is 0 Å². The number of aliphatic imine (C=N–C) groups is 1. The van der Waals surface area contributed by atoms with E-state index in [0.717, 1.165) is 51.7 Å². The second-order valence-corrected chi connectivity index (χ2v) is 8.20. The molecular formula is C21H45N5O. The summed E-state index contributed by atoms with van der Waals surface area (Å²) in [6.45, 7) is 19.4. The van der Waals surface area contributed by atoms with Gasteiger partial charge in [0.05, 0.1) is 6.61 Å². The van der Waals surface area contributed by atoms with E-state index in [1.807, 2.05) is 0 Å². The molecule has 0 aromatic rings. The molecule has 1 rings (SSSR count). The van der Waals surface area contributed by atoms with Crippen molar-refractivity contribution in [2.75, 3.05) is 59.5 Å². The third-order valence-corrected chi connectivity index (χ3v) is 5.38. The second kappa shape index (κ2) is 14.2. The molecule has 0 radical (unpaired) electrons. The van der Waals surface area contributed by atoms with E-state index in [0.29, 0.717) is 18.0 Å². The zero-order valence-corrected chi connectivity index (χ0v) is 18.8. The number of ether oxygens (including phenoxy) is 1. The first-order valence-electron chi connectivity index (χ1n) is 11.0. The minimum absolute atomic E-state index is 0.599. The van der Waals surface area contributed by atoms with E-state index in [2.05, 4.69) is 55.1 Å². The fourth-order valence-corrected chi connectivity index (χ4v) is 3.76. The fourth-order valence-electron chi connectivity index (χ4n) is 3.76. The van der Waals surface area contributed by atoms with Crippen LogP contribution in [0.3, 0.4) is 0 Å². The third-order valence-electron chi connectivity index (χ3n) is 5.38. The van der Waals surface area contributed by atoms with Gasteiger partial charge in [-0.2, -0.15) is 0 Å². The van der Waals surface area contributed by atoms with Gasteiger partial charge in [0.1, 0.15) is 0 Å². The van der Waals surface area contributed by atoms with E-state index in [1.165, 1.54) is 25.9 Å². The smallest absolute Gasteiger partial charge is 0.191 e. The molecule has 1 aliphatic heterocycles. The van der Waals surface area contributed by atoms with E-state index in [4.69, 9.17) is 9.73 Å². The molecule has 160 valence electrons. The average Bonchev–Trinajstić information content (AvgIpc) is 2.64. The Hall–Kier alpha value is -0.850. The van der Waals surface area contributed by atoms with E-state index < -0.39 is 0 Å². The Balaban J connectivity index is 2.32. The van der Waals surface area contributed by atoms with Crippen molar-refractivity contribution in [1.82, 2.24) is 20.4 Å². The van der Waals surface area contributed by atoms with Crippen LogP contribution in [-0.2, 0) is 4.74 Å². The monoisotopic (exact) mass is 383 g/mol. The maximum atomic E-state index is 5.18. The Kier molecular flexibility index (Phi) is 12.7. The highest BCUT2D eigenvalue weighted by atomic mass is 16.5. The summed E-state index contributed by atoms with van der Waals surface area (Å²) >= 11 is 0. The summed E-state index contributed by atoms with van der Waals surface area (Å²) in [5.74, 6) is 1.68. The van der Waals surface area contributed by atoms with Crippen LogP contribution >= 0.6 is 0 Å². The highest BCUT2D eigenvalue weighted by Gasteiger charge is 2.18. The van der Waals surface area contributed by atoms with E-state index in [-0.39, 0.29) is 0 Å². The molecule has 27 heavy (non-hydrogen) atoms. The topological polar surface area (TPSA) is 52.1 Å². The number of likely N-dealkylation sites (tertiary alicyclic amines) is 1. The zero-order chi connectivity index (χ0) is 20.1. The number of nitrogens with zero attached hydrogens (tertiary/aromatic N) is 3. The minimum Gasteiger partial charge on any atom is -0.383 e. The van der Waals surface area contributed by atoms with Crippen LogP contribution in [0, 0.1) is 5.92 Å². The van der Waals surface area contributed by atoms with Gasteiger partial charge in [0.25, 0.3) is 0 Å². The lowest BCUT2D eigenvalue weighted by atomic mass is 9.97. The molecule has 1 aliphatic rings. The largest absolute Gasteiger partial charge is 0.383 e. The minimum atomic E-state index is 0.599. The predicted octanol–water partition coefficient (Wildman–Crippen LogP) is 2.41. The first kappa shape index (κ1) is 24.2. The Morgan fingerprint density at radius 2 is 1.81 bits per heavy atom. The summed E-state index contributed by atoms with van der Waals surface area (Å²) < 4.78 is 5.18. The molecule has 0 aromatic heterocycles. The number of guanidine groups is 1. The normalized spacial score (nSPS) is 17.3. The molecule has 0 saturated carbocycles. The number of piperidine rings is 1. The van der Waals surface area contributed by atoms with E-state index in [9.17, 15) is 0 Å². The first-order valence-corrected chi connectivity index (χ1v) is 11.0. The number of hydrogen-bond donors (Lipinski definition) is 2. The van der Waals surface area contributed by atoms with Gasteiger partial charge in [-0.25, -0.2) is 0 Å². The van der Waals surface area contributed by atoms with Crippen molar-refractivity contribution in [2.24, 2.45) is 10.9 Å². The quantitative estimate of drug-likeness (QED) is 0.308. The summed E-state index contributed by atoms with van der Waals surface area (Å²) in [5, 5.41) is 6.91. The predicted molar refractivity (Wildman–Crippen MR) is 117 cm³/mol. The third kappa shape index (κ3) is 10.3.